The first-order chi connectivity index (χ1) is 7.56. The number of aryl methyl sites for hydroxylation is 2. The number of ketones is 2. The third kappa shape index (κ3) is 2.21. The van der Waals surface area contributed by atoms with Gasteiger partial charge in [-0.25, -0.2) is 0 Å². The van der Waals surface area contributed by atoms with Gasteiger partial charge in [-0.15, -0.1) is 0 Å². The second-order valence-corrected chi connectivity index (χ2v) is 4.70. The summed E-state index contributed by atoms with van der Waals surface area (Å²) >= 11 is 0. The zero-order valence-electron chi connectivity index (χ0n) is 9.75. The van der Waals surface area contributed by atoms with Crippen LogP contribution in [0.2, 0.25) is 0 Å². The van der Waals surface area contributed by atoms with Gasteiger partial charge >= 0.3 is 0 Å². The van der Waals surface area contributed by atoms with Crippen LogP contribution in [0, 0.1) is 13.8 Å². The second-order valence-electron chi connectivity index (χ2n) is 4.70. The lowest BCUT2D eigenvalue weighted by molar-refractivity contribution is -0.130. The van der Waals surface area contributed by atoms with E-state index in [0.717, 1.165) is 5.56 Å². The summed E-state index contributed by atoms with van der Waals surface area (Å²) < 4.78 is 0. The normalized spacial score (nSPS) is 17.9. The standard InChI is InChI=1S/C14H16O2/c1-9-3-4-11(5-10(9)2)12-6-13(15)8-14(16)7-12/h3-5,12H,6-8H2,1-2H3. The Labute approximate surface area is 95.7 Å². The quantitative estimate of drug-likeness (QED) is 0.676. The average Bonchev–Trinajstić information content (AvgIpc) is 2.20. The molecule has 1 aliphatic rings. The van der Waals surface area contributed by atoms with Crippen LogP contribution in [0.1, 0.15) is 41.9 Å². The number of Topliss-reactive ketones (excluding diaryl/α,β-unsaturated/α-hetero) is 2. The molecule has 0 heterocycles. The molecule has 0 spiro atoms. The molecule has 0 bridgehead atoms. The summed E-state index contributed by atoms with van der Waals surface area (Å²) in [5.41, 5.74) is 3.60. The molecule has 0 N–H and O–H groups in total. The molecule has 1 fully saturated rings. The Bertz CT molecular complexity index is 430. The molecule has 0 unspecified atom stereocenters. The second kappa shape index (κ2) is 4.20. The van der Waals surface area contributed by atoms with Crippen LogP contribution in [0.4, 0.5) is 0 Å². The first-order valence-electron chi connectivity index (χ1n) is 5.67. The molecule has 1 aliphatic carbocycles. The van der Waals surface area contributed by atoms with Gasteiger partial charge < -0.3 is 0 Å². The van der Waals surface area contributed by atoms with Crippen molar-refractivity contribution < 1.29 is 9.59 Å². The minimum Gasteiger partial charge on any atom is -0.299 e. The van der Waals surface area contributed by atoms with Crippen LogP contribution in [0.25, 0.3) is 0 Å². The van der Waals surface area contributed by atoms with E-state index in [4.69, 9.17) is 0 Å². The fourth-order valence-corrected chi connectivity index (χ4v) is 2.24. The van der Waals surface area contributed by atoms with Gasteiger partial charge in [0.05, 0.1) is 6.42 Å². The summed E-state index contributed by atoms with van der Waals surface area (Å²) in [5, 5.41) is 0. The van der Waals surface area contributed by atoms with Crippen LogP contribution in [0.15, 0.2) is 18.2 Å². The van der Waals surface area contributed by atoms with Gasteiger partial charge in [0.2, 0.25) is 0 Å². The van der Waals surface area contributed by atoms with Gasteiger partial charge in [-0.2, -0.15) is 0 Å². The Morgan fingerprint density at radius 2 is 1.62 bits per heavy atom. The third-order valence-corrected chi connectivity index (χ3v) is 3.34. The fraction of sp³-hybridized carbons (Fsp3) is 0.429. The average molecular weight is 216 g/mol. The van der Waals surface area contributed by atoms with E-state index in [1.807, 2.05) is 6.07 Å². The Morgan fingerprint density at radius 3 is 2.19 bits per heavy atom. The van der Waals surface area contributed by atoms with Crippen molar-refractivity contribution in [3.05, 3.63) is 34.9 Å². The molecule has 84 valence electrons. The van der Waals surface area contributed by atoms with Crippen LogP contribution in [-0.2, 0) is 9.59 Å². The number of rotatable bonds is 1. The van der Waals surface area contributed by atoms with E-state index in [2.05, 4.69) is 26.0 Å². The predicted octanol–water partition coefficient (Wildman–Crippen LogP) is 2.71. The van der Waals surface area contributed by atoms with Gasteiger partial charge in [-0.05, 0) is 36.5 Å². The fourth-order valence-electron chi connectivity index (χ4n) is 2.24. The molecule has 2 rings (SSSR count). The highest BCUT2D eigenvalue weighted by Gasteiger charge is 2.26. The van der Waals surface area contributed by atoms with E-state index >= 15 is 0 Å². The Morgan fingerprint density at radius 1 is 1.00 bits per heavy atom. The molecule has 0 radical (unpaired) electrons. The molecule has 0 aliphatic heterocycles. The van der Waals surface area contributed by atoms with E-state index in [-0.39, 0.29) is 23.9 Å². The molecule has 2 heteroatoms. The van der Waals surface area contributed by atoms with Gasteiger partial charge in [0, 0.05) is 12.8 Å². The maximum absolute atomic E-state index is 11.4. The lowest BCUT2D eigenvalue weighted by Crippen LogP contribution is -2.21. The Hall–Kier alpha value is -1.44. The summed E-state index contributed by atoms with van der Waals surface area (Å²) in [6.45, 7) is 4.13. The SMILES string of the molecule is Cc1ccc(C2CC(=O)CC(=O)C2)cc1C. The van der Waals surface area contributed by atoms with Gasteiger partial charge in [0.15, 0.2) is 0 Å². The maximum atomic E-state index is 11.4. The summed E-state index contributed by atoms with van der Waals surface area (Å²) in [6, 6.07) is 6.21. The molecule has 0 amide bonds. The number of carbonyl (C=O) groups is 2. The smallest absolute Gasteiger partial charge is 0.140 e. The molecule has 0 aromatic heterocycles. The van der Waals surface area contributed by atoms with Crippen molar-refractivity contribution in [2.24, 2.45) is 0 Å². The van der Waals surface area contributed by atoms with Crippen LogP contribution < -0.4 is 0 Å². The van der Waals surface area contributed by atoms with Gasteiger partial charge in [0.1, 0.15) is 11.6 Å². The number of carbonyl (C=O) groups excluding carboxylic acids is 2. The van der Waals surface area contributed by atoms with Crippen molar-refractivity contribution in [1.29, 1.82) is 0 Å². The van der Waals surface area contributed by atoms with E-state index in [0.29, 0.717) is 12.8 Å². The molecule has 0 saturated heterocycles. The topological polar surface area (TPSA) is 34.1 Å². The van der Waals surface area contributed by atoms with Crippen LogP contribution in [0.3, 0.4) is 0 Å². The van der Waals surface area contributed by atoms with Gasteiger partial charge in [-0.1, -0.05) is 18.2 Å². The predicted molar refractivity (Wildman–Crippen MR) is 62.5 cm³/mol. The summed E-state index contributed by atoms with van der Waals surface area (Å²) in [7, 11) is 0. The highest BCUT2D eigenvalue weighted by atomic mass is 16.1. The molecule has 16 heavy (non-hydrogen) atoms. The van der Waals surface area contributed by atoms with Crippen molar-refractivity contribution in [3.63, 3.8) is 0 Å². The lowest BCUT2D eigenvalue weighted by atomic mass is 9.82. The van der Waals surface area contributed by atoms with Crippen LogP contribution in [-0.4, -0.2) is 11.6 Å². The highest BCUT2D eigenvalue weighted by molar-refractivity contribution is 6.02. The number of hydrogen-bond acceptors (Lipinski definition) is 2. The zero-order valence-corrected chi connectivity index (χ0v) is 9.75. The first-order valence-corrected chi connectivity index (χ1v) is 5.67. The van der Waals surface area contributed by atoms with Gasteiger partial charge in [0.25, 0.3) is 0 Å². The van der Waals surface area contributed by atoms with Gasteiger partial charge in [-0.3, -0.25) is 9.59 Å². The minimum absolute atomic E-state index is 0.0829. The molecule has 1 aromatic carbocycles. The summed E-state index contributed by atoms with van der Waals surface area (Å²) in [5.74, 6) is 0.270. The highest BCUT2D eigenvalue weighted by Crippen LogP contribution is 2.30. The number of benzene rings is 1. The Kier molecular flexibility index (Phi) is 2.90. The lowest BCUT2D eigenvalue weighted by Gasteiger charge is -2.21. The molecule has 0 atom stereocenters. The molecule has 1 saturated carbocycles. The maximum Gasteiger partial charge on any atom is 0.140 e. The van der Waals surface area contributed by atoms with E-state index < -0.39 is 0 Å². The van der Waals surface area contributed by atoms with Crippen LogP contribution >= 0.6 is 0 Å². The third-order valence-electron chi connectivity index (χ3n) is 3.34. The van der Waals surface area contributed by atoms with E-state index in [1.165, 1.54) is 11.1 Å². The molecule has 2 nitrogen and oxygen atoms in total. The van der Waals surface area contributed by atoms with Crippen molar-refractivity contribution >= 4 is 11.6 Å². The van der Waals surface area contributed by atoms with Crippen molar-refractivity contribution in [2.45, 2.75) is 39.0 Å². The summed E-state index contributed by atoms with van der Waals surface area (Å²) in [6.07, 6.45) is 1.18. The molecular weight excluding hydrogens is 200 g/mol. The zero-order chi connectivity index (χ0) is 11.7. The van der Waals surface area contributed by atoms with Crippen LogP contribution in [0.5, 0.6) is 0 Å². The number of hydrogen-bond donors (Lipinski definition) is 0. The van der Waals surface area contributed by atoms with E-state index in [9.17, 15) is 9.59 Å². The largest absolute Gasteiger partial charge is 0.299 e. The first kappa shape index (κ1) is 11.1. The monoisotopic (exact) mass is 216 g/mol. The molecule has 1 aromatic rings. The van der Waals surface area contributed by atoms with Crippen molar-refractivity contribution in [2.75, 3.05) is 0 Å². The summed E-state index contributed by atoms with van der Waals surface area (Å²) in [4.78, 5) is 22.8. The molecular formula is C14H16O2. The Balaban J connectivity index is 2.26. The minimum atomic E-state index is 0.0829. The van der Waals surface area contributed by atoms with Crippen molar-refractivity contribution in [1.82, 2.24) is 0 Å². The van der Waals surface area contributed by atoms with Crippen molar-refractivity contribution in [3.8, 4) is 0 Å². The van der Waals surface area contributed by atoms with E-state index in [1.54, 1.807) is 0 Å².